The molecule has 0 aliphatic carbocycles. The lowest BCUT2D eigenvalue weighted by Gasteiger charge is -2.34. The quantitative estimate of drug-likeness (QED) is 0.446. The van der Waals surface area contributed by atoms with E-state index >= 15 is 0 Å². The van der Waals surface area contributed by atoms with Crippen molar-refractivity contribution in [2.45, 2.75) is 30.5 Å². The molecule has 1 aliphatic rings. The maximum atomic E-state index is 12.1. The molecular formula is C12H17N3O7. The fourth-order valence-corrected chi connectivity index (χ4v) is 2.72. The van der Waals surface area contributed by atoms with Gasteiger partial charge in [0.25, 0.3) is 5.56 Å². The van der Waals surface area contributed by atoms with Crippen molar-refractivity contribution in [2.24, 2.45) is 5.73 Å². The minimum absolute atomic E-state index is 0.495. The largest absolute Gasteiger partial charge is 0.394 e. The van der Waals surface area contributed by atoms with Crippen LogP contribution in [0.3, 0.4) is 0 Å². The van der Waals surface area contributed by atoms with Crippen LogP contribution in [0.15, 0.2) is 21.9 Å². The number of ether oxygens (including phenoxy) is 2. The number of aromatic nitrogens is 2. The van der Waals surface area contributed by atoms with Crippen LogP contribution in [0.4, 0.5) is 0 Å². The smallest absolute Gasteiger partial charge is 0.330 e. The van der Waals surface area contributed by atoms with Crippen molar-refractivity contribution in [3.63, 3.8) is 0 Å². The van der Waals surface area contributed by atoms with Crippen LogP contribution >= 0.6 is 0 Å². The van der Waals surface area contributed by atoms with E-state index in [2.05, 4.69) is 0 Å². The van der Waals surface area contributed by atoms with Gasteiger partial charge in [-0.1, -0.05) is 0 Å². The molecule has 1 aliphatic heterocycles. The number of amides is 1. The van der Waals surface area contributed by atoms with Gasteiger partial charge >= 0.3 is 5.69 Å². The molecule has 0 unspecified atom stereocenters. The molecule has 5 N–H and O–H groups in total. The number of aliphatic hydroxyl groups excluding tert-OH is 2. The molecule has 0 saturated carbocycles. The summed E-state index contributed by atoms with van der Waals surface area (Å²) >= 11 is 0. The van der Waals surface area contributed by atoms with Gasteiger partial charge in [0.2, 0.25) is 5.91 Å². The summed E-state index contributed by atoms with van der Waals surface area (Å²) < 4.78 is 11.6. The van der Waals surface area contributed by atoms with Crippen molar-refractivity contribution < 1.29 is 24.5 Å². The third-order valence-electron chi connectivity index (χ3n) is 3.58. The van der Waals surface area contributed by atoms with Gasteiger partial charge in [0, 0.05) is 19.4 Å². The van der Waals surface area contributed by atoms with Crippen molar-refractivity contribution in [3.05, 3.63) is 33.1 Å². The number of methoxy groups -OCH3 is 1. The van der Waals surface area contributed by atoms with Gasteiger partial charge in [-0.25, -0.2) is 4.79 Å². The number of nitrogens with zero attached hydrogens (tertiary/aromatic N) is 1. The molecular weight excluding hydrogens is 298 g/mol. The van der Waals surface area contributed by atoms with Gasteiger partial charge in [0.05, 0.1) is 13.0 Å². The normalized spacial score (nSPS) is 31.3. The van der Waals surface area contributed by atoms with Gasteiger partial charge in [-0.05, 0) is 0 Å². The van der Waals surface area contributed by atoms with Crippen molar-refractivity contribution in [2.75, 3.05) is 13.7 Å². The molecule has 4 atom stereocenters. The van der Waals surface area contributed by atoms with Gasteiger partial charge < -0.3 is 25.4 Å². The summed E-state index contributed by atoms with van der Waals surface area (Å²) in [4.78, 5) is 36.7. The number of carbonyl (C=O) groups is 1. The lowest BCUT2D eigenvalue weighted by molar-refractivity contribution is -0.168. The molecule has 1 aromatic heterocycles. The monoisotopic (exact) mass is 315 g/mol. The van der Waals surface area contributed by atoms with E-state index in [4.69, 9.17) is 15.2 Å². The summed E-state index contributed by atoms with van der Waals surface area (Å²) in [6.07, 6.45) is -2.91. The summed E-state index contributed by atoms with van der Waals surface area (Å²) in [7, 11) is 1.25. The molecule has 0 bridgehead atoms. The predicted molar refractivity (Wildman–Crippen MR) is 71.9 cm³/mol. The summed E-state index contributed by atoms with van der Waals surface area (Å²) in [5.74, 6) is -0.814. The van der Waals surface area contributed by atoms with Crippen molar-refractivity contribution in [1.82, 2.24) is 9.55 Å². The molecule has 0 aromatic carbocycles. The van der Waals surface area contributed by atoms with E-state index in [1.54, 1.807) is 0 Å². The summed E-state index contributed by atoms with van der Waals surface area (Å²) in [6.45, 7) is -0.556. The number of aliphatic hydroxyl groups is 2. The molecule has 1 saturated heterocycles. The minimum atomic E-state index is -1.77. The third kappa shape index (κ3) is 2.57. The lowest BCUT2D eigenvalue weighted by Crippen LogP contribution is -2.54. The zero-order chi connectivity index (χ0) is 16.5. The molecule has 2 heterocycles. The molecule has 10 heteroatoms. The second-order valence-electron chi connectivity index (χ2n) is 4.95. The Morgan fingerprint density at radius 1 is 1.59 bits per heavy atom. The number of aromatic amines is 1. The lowest BCUT2D eigenvalue weighted by atomic mass is 9.98. The summed E-state index contributed by atoms with van der Waals surface area (Å²) in [5, 5.41) is 19.4. The summed E-state index contributed by atoms with van der Waals surface area (Å²) in [5.41, 5.74) is 1.95. The Morgan fingerprint density at radius 2 is 2.27 bits per heavy atom. The first-order valence-corrected chi connectivity index (χ1v) is 6.46. The SMILES string of the molecule is CO[C@@H]1[C@H](O)[C@@H](CO)O[C@@]1(CC(N)=O)n1ccc(=O)[nH]c1=O. The highest BCUT2D eigenvalue weighted by Gasteiger charge is 2.57. The molecule has 22 heavy (non-hydrogen) atoms. The molecule has 2 rings (SSSR count). The first kappa shape index (κ1) is 16.4. The Labute approximate surface area is 124 Å². The average Bonchev–Trinajstić information content (AvgIpc) is 2.70. The molecule has 10 nitrogen and oxygen atoms in total. The van der Waals surface area contributed by atoms with E-state index < -0.39 is 54.2 Å². The van der Waals surface area contributed by atoms with Crippen LogP contribution in [0.1, 0.15) is 6.42 Å². The number of nitrogens with two attached hydrogens (primary N) is 1. The minimum Gasteiger partial charge on any atom is -0.394 e. The van der Waals surface area contributed by atoms with Crippen LogP contribution in [0.5, 0.6) is 0 Å². The Balaban J connectivity index is 2.64. The topological polar surface area (TPSA) is 157 Å². The number of primary amides is 1. The summed E-state index contributed by atoms with van der Waals surface area (Å²) in [6, 6.07) is 1.05. The number of rotatable bonds is 5. The highest BCUT2D eigenvalue weighted by molar-refractivity contribution is 5.74. The fraction of sp³-hybridized carbons (Fsp3) is 0.583. The standard InChI is InChI=1S/C12H17N3O7/c1-21-10-9(19)6(5-16)22-12(10,4-7(13)17)15-3-2-8(18)14-11(15)20/h2-3,6,9-10,16,19H,4-5H2,1H3,(H2,13,17)(H,14,18,20)/t6-,9-,10-,12-/m1/s1. The van der Waals surface area contributed by atoms with Crippen LogP contribution in [0, 0.1) is 0 Å². The third-order valence-corrected chi connectivity index (χ3v) is 3.58. The van der Waals surface area contributed by atoms with Crippen LogP contribution in [0.2, 0.25) is 0 Å². The Kier molecular flexibility index (Phi) is 4.47. The number of hydrogen-bond acceptors (Lipinski definition) is 7. The molecule has 1 fully saturated rings. The van der Waals surface area contributed by atoms with E-state index in [1.165, 1.54) is 7.11 Å². The van der Waals surface area contributed by atoms with E-state index in [0.717, 1.165) is 16.8 Å². The van der Waals surface area contributed by atoms with Gasteiger partial charge in [0.15, 0.2) is 5.72 Å². The Hall–Kier alpha value is -2.01. The van der Waals surface area contributed by atoms with E-state index in [1.807, 2.05) is 4.98 Å². The number of carbonyl (C=O) groups excluding carboxylic acids is 1. The fourth-order valence-electron chi connectivity index (χ4n) is 2.72. The Morgan fingerprint density at radius 3 is 2.77 bits per heavy atom. The van der Waals surface area contributed by atoms with Crippen LogP contribution < -0.4 is 17.0 Å². The zero-order valence-electron chi connectivity index (χ0n) is 11.8. The molecule has 0 spiro atoms. The first-order chi connectivity index (χ1) is 10.4. The molecule has 122 valence electrons. The van der Waals surface area contributed by atoms with Crippen molar-refractivity contribution in [3.8, 4) is 0 Å². The van der Waals surface area contributed by atoms with Crippen molar-refractivity contribution in [1.29, 1.82) is 0 Å². The van der Waals surface area contributed by atoms with Gasteiger partial charge in [-0.2, -0.15) is 0 Å². The Bertz CT molecular complexity index is 669. The average molecular weight is 315 g/mol. The highest BCUT2D eigenvalue weighted by atomic mass is 16.6. The maximum Gasteiger partial charge on any atom is 0.330 e. The zero-order valence-corrected chi connectivity index (χ0v) is 11.8. The second-order valence-corrected chi connectivity index (χ2v) is 4.95. The van der Waals surface area contributed by atoms with E-state index in [0.29, 0.717) is 0 Å². The maximum absolute atomic E-state index is 12.1. The van der Waals surface area contributed by atoms with Gasteiger partial charge in [-0.3, -0.25) is 19.1 Å². The first-order valence-electron chi connectivity index (χ1n) is 6.46. The number of nitrogens with one attached hydrogen (secondary N) is 1. The predicted octanol–water partition coefficient (Wildman–Crippen LogP) is -3.17. The van der Waals surface area contributed by atoms with E-state index in [-0.39, 0.29) is 0 Å². The molecule has 1 amide bonds. The van der Waals surface area contributed by atoms with Crippen LogP contribution in [0.25, 0.3) is 0 Å². The van der Waals surface area contributed by atoms with Crippen molar-refractivity contribution >= 4 is 5.91 Å². The van der Waals surface area contributed by atoms with Gasteiger partial charge in [-0.15, -0.1) is 0 Å². The second kappa shape index (κ2) is 6.01. The highest BCUT2D eigenvalue weighted by Crippen LogP contribution is 2.39. The number of H-pyrrole nitrogens is 1. The molecule has 0 radical (unpaired) electrons. The van der Waals surface area contributed by atoms with Gasteiger partial charge in [0.1, 0.15) is 18.3 Å². The molecule has 1 aromatic rings. The number of hydrogen-bond donors (Lipinski definition) is 4. The van der Waals surface area contributed by atoms with Crippen LogP contribution in [-0.4, -0.2) is 57.7 Å². The van der Waals surface area contributed by atoms with E-state index in [9.17, 15) is 24.6 Å². The van der Waals surface area contributed by atoms with Crippen LogP contribution in [-0.2, 0) is 20.0 Å².